The fourth-order valence-corrected chi connectivity index (χ4v) is 1.82. The summed E-state index contributed by atoms with van der Waals surface area (Å²) in [5.41, 5.74) is 2.03. The summed E-state index contributed by atoms with van der Waals surface area (Å²) in [7, 11) is 1.91. The van der Waals surface area contributed by atoms with Gasteiger partial charge in [0.1, 0.15) is 0 Å². The fourth-order valence-electron chi connectivity index (χ4n) is 1.82. The van der Waals surface area contributed by atoms with E-state index in [0.717, 1.165) is 30.1 Å². The van der Waals surface area contributed by atoms with Crippen LogP contribution in [0.1, 0.15) is 43.7 Å². The molecule has 1 unspecified atom stereocenters. The maximum Gasteiger partial charge on any atom is 0.0959 e. The van der Waals surface area contributed by atoms with E-state index in [2.05, 4.69) is 12.0 Å². The van der Waals surface area contributed by atoms with Crippen LogP contribution in [0.3, 0.4) is 0 Å². The number of aliphatic hydroxyl groups is 1. The first-order valence-electron chi connectivity index (χ1n) is 5.41. The van der Waals surface area contributed by atoms with Gasteiger partial charge in [-0.25, -0.2) is 0 Å². The molecule has 3 nitrogen and oxygen atoms in total. The number of nitrogens with zero attached hydrogens (tertiary/aromatic N) is 2. The van der Waals surface area contributed by atoms with Crippen LogP contribution in [0.15, 0.2) is 6.07 Å². The molecule has 1 atom stereocenters. The highest BCUT2D eigenvalue weighted by molar-refractivity contribution is 5.13. The molecule has 0 saturated heterocycles. The summed E-state index contributed by atoms with van der Waals surface area (Å²) >= 11 is 0. The maximum atomic E-state index is 9.96. The van der Waals surface area contributed by atoms with E-state index in [1.54, 1.807) is 0 Å². The van der Waals surface area contributed by atoms with Gasteiger partial charge in [0.05, 0.1) is 17.5 Å². The van der Waals surface area contributed by atoms with Gasteiger partial charge in [-0.2, -0.15) is 5.10 Å². The van der Waals surface area contributed by atoms with Crippen molar-refractivity contribution < 1.29 is 5.11 Å². The van der Waals surface area contributed by atoms with E-state index >= 15 is 0 Å². The third-order valence-corrected chi connectivity index (χ3v) is 2.92. The molecule has 14 heavy (non-hydrogen) atoms. The second-order valence-corrected chi connectivity index (χ2v) is 4.23. The van der Waals surface area contributed by atoms with Crippen LogP contribution < -0.4 is 0 Å². The molecule has 2 rings (SSSR count). The van der Waals surface area contributed by atoms with Crippen LogP contribution in [-0.2, 0) is 13.5 Å². The van der Waals surface area contributed by atoms with Gasteiger partial charge >= 0.3 is 0 Å². The van der Waals surface area contributed by atoms with Gasteiger partial charge < -0.3 is 5.11 Å². The van der Waals surface area contributed by atoms with E-state index in [1.165, 1.54) is 12.8 Å². The largest absolute Gasteiger partial charge is 0.387 e. The summed E-state index contributed by atoms with van der Waals surface area (Å²) in [5.74, 6) is 0.755. The van der Waals surface area contributed by atoms with Gasteiger partial charge in [0.25, 0.3) is 0 Å². The Morgan fingerprint density at radius 3 is 2.86 bits per heavy atom. The van der Waals surface area contributed by atoms with Crippen LogP contribution in [0.4, 0.5) is 0 Å². The minimum Gasteiger partial charge on any atom is -0.387 e. The number of aliphatic hydroxyl groups excluding tert-OH is 1. The SMILES string of the molecule is CCc1cc(C(O)CC2CC2)n(C)n1. The van der Waals surface area contributed by atoms with Gasteiger partial charge in [-0.15, -0.1) is 0 Å². The molecule has 1 aromatic heterocycles. The zero-order valence-electron chi connectivity index (χ0n) is 8.90. The van der Waals surface area contributed by atoms with E-state index < -0.39 is 0 Å². The summed E-state index contributed by atoms with van der Waals surface area (Å²) in [6.07, 6.45) is 4.10. The smallest absolute Gasteiger partial charge is 0.0959 e. The molecular weight excluding hydrogens is 176 g/mol. The predicted octanol–water partition coefficient (Wildman–Crippen LogP) is 1.82. The third-order valence-electron chi connectivity index (χ3n) is 2.92. The second-order valence-electron chi connectivity index (χ2n) is 4.23. The first-order valence-corrected chi connectivity index (χ1v) is 5.41. The van der Waals surface area contributed by atoms with Crippen LogP contribution in [0, 0.1) is 5.92 Å². The standard InChI is InChI=1S/C11H18N2O/c1-3-9-7-10(13(2)12-9)11(14)6-8-4-5-8/h7-8,11,14H,3-6H2,1-2H3. The summed E-state index contributed by atoms with van der Waals surface area (Å²) in [5, 5.41) is 14.3. The lowest BCUT2D eigenvalue weighted by molar-refractivity contribution is 0.151. The average molecular weight is 194 g/mol. The molecule has 1 N–H and O–H groups in total. The molecule has 0 radical (unpaired) electrons. The Balaban J connectivity index is 2.08. The molecule has 1 heterocycles. The van der Waals surface area contributed by atoms with Crippen molar-refractivity contribution in [2.75, 3.05) is 0 Å². The number of hydrogen-bond acceptors (Lipinski definition) is 2. The Morgan fingerprint density at radius 1 is 1.64 bits per heavy atom. The highest BCUT2D eigenvalue weighted by Gasteiger charge is 2.26. The average Bonchev–Trinajstić information content (AvgIpc) is 2.87. The molecule has 0 aliphatic heterocycles. The van der Waals surface area contributed by atoms with Gasteiger partial charge in [0.15, 0.2) is 0 Å². The summed E-state index contributed by atoms with van der Waals surface area (Å²) < 4.78 is 1.81. The number of aryl methyl sites for hydroxylation is 2. The Labute approximate surface area is 84.7 Å². The van der Waals surface area contributed by atoms with Gasteiger partial charge in [-0.1, -0.05) is 19.8 Å². The molecule has 1 aromatic rings. The monoisotopic (exact) mass is 194 g/mol. The van der Waals surface area contributed by atoms with Gasteiger partial charge in [-0.05, 0) is 24.8 Å². The molecule has 0 spiro atoms. The Hall–Kier alpha value is -0.830. The quantitative estimate of drug-likeness (QED) is 0.794. The molecule has 1 saturated carbocycles. The predicted molar refractivity (Wildman–Crippen MR) is 54.9 cm³/mol. The fraction of sp³-hybridized carbons (Fsp3) is 0.727. The van der Waals surface area contributed by atoms with Crippen molar-refractivity contribution in [2.24, 2.45) is 13.0 Å². The second kappa shape index (κ2) is 3.73. The Kier molecular flexibility index (Phi) is 2.59. The van der Waals surface area contributed by atoms with Gasteiger partial charge in [-0.3, -0.25) is 4.68 Å². The molecule has 1 aliphatic carbocycles. The molecule has 0 aromatic carbocycles. The van der Waals surface area contributed by atoms with Crippen LogP contribution in [0.5, 0.6) is 0 Å². The molecule has 78 valence electrons. The van der Waals surface area contributed by atoms with Crippen molar-refractivity contribution in [1.29, 1.82) is 0 Å². The lowest BCUT2D eigenvalue weighted by Crippen LogP contribution is -2.05. The van der Waals surface area contributed by atoms with Crippen LogP contribution in [-0.4, -0.2) is 14.9 Å². The summed E-state index contributed by atoms with van der Waals surface area (Å²) in [6.45, 7) is 2.08. The van der Waals surface area contributed by atoms with Crippen molar-refractivity contribution in [3.8, 4) is 0 Å². The zero-order valence-corrected chi connectivity index (χ0v) is 8.90. The van der Waals surface area contributed by atoms with Crippen molar-refractivity contribution >= 4 is 0 Å². The summed E-state index contributed by atoms with van der Waals surface area (Å²) in [6, 6.07) is 2.02. The molecule has 1 aliphatic rings. The topological polar surface area (TPSA) is 38.0 Å². The Bertz CT molecular complexity index is 315. The first kappa shape index (κ1) is 9.71. The number of rotatable bonds is 4. The van der Waals surface area contributed by atoms with Crippen molar-refractivity contribution in [2.45, 2.75) is 38.7 Å². The number of hydrogen-bond donors (Lipinski definition) is 1. The highest BCUT2D eigenvalue weighted by Crippen LogP contribution is 2.37. The molecule has 0 bridgehead atoms. The normalized spacial score (nSPS) is 18.5. The molecular formula is C11H18N2O. The zero-order chi connectivity index (χ0) is 10.1. The molecule has 1 fully saturated rings. The van der Waals surface area contributed by atoms with Crippen molar-refractivity contribution in [1.82, 2.24) is 9.78 Å². The van der Waals surface area contributed by atoms with Crippen molar-refractivity contribution in [3.05, 3.63) is 17.5 Å². The van der Waals surface area contributed by atoms with E-state index in [1.807, 2.05) is 17.8 Å². The van der Waals surface area contributed by atoms with Crippen LogP contribution in [0.2, 0.25) is 0 Å². The lowest BCUT2D eigenvalue weighted by atomic mass is 10.1. The minimum absolute atomic E-state index is 0.319. The van der Waals surface area contributed by atoms with E-state index in [0.29, 0.717) is 0 Å². The van der Waals surface area contributed by atoms with Crippen LogP contribution >= 0.6 is 0 Å². The first-order chi connectivity index (χ1) is 6.70. The van der Waals surface area contributed by atoms with E-state index in [9.17, 15) is 5.11 Å². The maximum absolute atomic E-state index is 9.96. The Morgan fingerprint density at radius 2 is 2.36 bits per heavy atom. The highest BCUT2D eigenvalue weighted by atomic mass is 16.3. The van der Waals surface area contributed by atoms with Crippen molar-refractivity contribution in [3.63, 3.8) is 0 Å². The van der Waals surface area contributed by atoms with E-state index in [4.69, 9.17) is 0 Å². The minimum atomic E-state index is -0.319. The van der Waals surface area contributed by atoms with Gasteiger partial charge in [0.2, 0.25) is 0 Å². The lowest BCUT2D eigenvalue weighted by Gasteiger charge is -2.09. The molecule has 0 amide bonds. The molecule has 3 heteroatoms. The van der Waals surface area contributed by atoms with Gasteiger partial charge in [0, 0.05) is 7.05 Å². The number of aromatic nitrogens is 2. The van der Waals surface area contributed by atoms with E-state index in [-0.39, 0.29) is 6.10 Å². The summed E-state index contributed by atoms with van der Waals surface area (Å²) in [4.78, 5) is 0. The van der Waals surface area contributed by atoms with Crippen LogP contribution in [0.25, 0.3) is 0 Å². The third kappa shape index (κ3) is 1.98.